The van der Waals surface area contributed by atoms with Gasteiger partial charge in [-0.05, 0) is 36.8 Å². The SMILES string of the molecule is Cc1ccc(Br)cc1-c1nnc2ccc(C(=O)O)cn12. The van der Waals surface area contributed by atoms with E-state index < -0.39 is 5.97 Å². The van der Waals surface area contributed by atoms with Gasteiger partial charge in [0.05, 0.1) is 5.56 Å². The zero-order valence-electron chi connectivity index (χ0n) is 10.5. The van der Waals surface area contributed by atoms with E-state index in [2.05, 4.69) is 26.1 Å². The number of rotatable bonds is 2. The van der Waals surface area contributed by atoms with Crippen LogP contribution < -0.4 is 0 Å². The van der Waals surface area contributed by atoms with Gasteiger partial charge in [-0.3, -0.25) is 4.40 Å². The molecule has 0 radical (unpaired) electrons. The van der Waals surface area contributed by atoms with Gasteiger partial charge in [0.15, 0.2) is 11.5 Å². The summed E-state index contributed by atoms with van der Waals surface area (Å²) in [6, 6.07) is 9.03. The molecule has 2 aromatic heterocycles. The first-order valence-electron chi connectivity index (χ1n) is 5.91. The summed E-state index contributed by atoms with van der Waals surface area (Å²) in [5, 5.41) is 17.3. The normalized spacial score (nSPS) is 10.9. The summed E-state index contributed by atoms with van der Waals surface area (Å²) in [7, 11) is 0. The fraction of sp³-hybridized carbons (Fsp3) is 0.0714. The number of aryl methyl sites for hydroxylation is 1. The number of nitrogens with zero attached hydrogens (tertiary/aromatic N) is 3. The standard InChI is InChI=1S/C14H10BrN3O2/c1-8-2-4-10(15)6-11(8)13-17-16-12-5-3-9(14(19)20)7-18(12)13/h2-7H,1H3,(H,19,20). The molecule has 0 amide bonds. The second-order valence-electron chi connectivity index (χ2n) is 4.43. The number of hydrogen-bond donors (Lipinski definition) is 1. The van der Waals surface area contributed by atoms with E-state index >= 15 is 0 Å². The molecular weight excluding hydrogens is 322 g/mol. The molecule has 0 aliphatic rings. The minimum absolute atomic E-state index is 0.200. The zero-order valence-corrected chi connectivity index (χ0v) is 12.1. The first kappa shape index (κ1) is 12.8. The van der Waals surface area contributed by atoms with E-state index in [0.29, 0.717) is 11.5 Å². The molecule has 3 rings (SSSR count). The van der Waals surface area contributed by atoms with Crippen LogP contribution >= 0.6 is 15.9 Å². The molecule has 20 heavy (non-hydrogen) atoms. The Hall–Kier alpha value is -2.21. The number of fused-ring (bicyclic) bond motifs is 1. The second-order valence-corrected chi connectivity index (χ2v) is 5.35. The van der Waals surface area contributed by atoms with E-state index in [0.717, 1.165) is 15.6 Å². The van der Waals surface area contributed by atoms with Crippen LogP contribution in [-0.4, -0.2) is 25.7 Å². The van der Waals surface area contributed by atoms with Crippen LogP contribution in [-0.2, 0) is 0 Å². The number of hydrogen-bond acceptors (Lipinski definition) is 3. The molecule has 0 unspecified atom stereocenters. The van der Waals surface area contributed by atoms with Crippen molar-refractivity contribution in [2.24, 2.45) is 0 Å². The summed E-state index contributed by atoms with van der Waals surface area (Å²) in [4.78, 5) is 11.1. The first-order valence-corrected chi connectivity index (χ1v) is 6.70. The molecule has 0 atom stereocenters. The highest BCUT2D eigenvalue weighted by Gasteiger charge is 2.13. The molecule has 3 aromatic rings. The summed E-state index contributed by atoms with van der Waals surface area (Å²) in [5.74, 6) is -0.348. The number of halogens is 1. The lowest BCUT2D eigenvalue weighted by Crippen LogP contribution is -2.00. The van der Waals surface area contributed by atoms with Crippen LogP contribution in [0.1, 0.15) is 15.9 Å². The van der Waals surface area contributed by atoms with Crippen molar-refractivity contribution in [2.75, 3.05) is 0 Å². The fourth-order valence-corrected chi connectivity index (χ4v) is 2.40. The van der Waals surface area contributed by atoms with Crippen molar-refractivity contribution < 1.29 is 9.90 Å². The smallest absolute Gasteiger partial charge is 0.337 e. The van der Waals surface area contributed by atoms with Crippen molar-refractivity contribution in [3.05, 3.63) is 52.1 Å². The third-order valence-electron chi connectivity index (χ3n) is 3.09. The molecule has 0 saturated carbocycles. The Labute approximate surface area is 123 Å². The number of aromatic nitrogens is 3. The molecule has 100 valence electrons. The number of carboxylic acid groups (broad SMARTS) is 1. The maximum atomic E-state index is 11.1. The Bertz CT molecular complexity index is 826. The van der Waals surface area contributed by atoms with Gasteiger partial charge in [-0.2, -0.15) is 0 Å². The Morgan fingerprint density at radius 2 is 2.05 bits per heavy atom. The van der Waals surface area contributed by atoms with Gasteiger partial charge in [-0.25, -0.2) is 4.79 Å². The van der Waals surface area contributed by atoms with Crippen LogP contribution in [0.25, 0.3) is 17.0 Å². The van der Waals surface area contributed by atoms with Crippen molar-refractivity contribution in [3.8, 4) is 11.4 Å². The van der Waals surface area contributed by atoms with Crippen molar-refractivity contribution in [2.45, 2.75) is 6.92 Å². The van der Waals surface area contributed by atoms with Crippen LogP contribution in [0.2, 0.25) is 0 Å². The first-order chi connectivity index (χ1) is 9.56. The van der Waals surface area contributed by atoms with Gasteiger partial charge in [-0.1, -0.05) is 22.0 Å². The molecule has 0 fully saturated rings. The van der Waals surface area contributed by atoms with Gasteiger partial charge in [0, 0.05) is 16.2 Å². The van der Waals surface area contributed by atoms with Gasteiger partial charge in [0.1, 0.15) is 0 Å². The molecule has 1 N–H and O–H groups in total. The van der Waals surface area contributed by atoms with E-state index in [1.54, 1.807) is 10.5 Å². The molecule has 0 bridgehead atoms. The summed E-state index contributed by atoms with van der Waals surface area (Å²) < 4.78 is 2.63. The molecule has 0 aliphatic carbocycles. The van der Waals surface area contributed by atoms with Crippen molar-refractivity contribution in [1.29, 1.82) is 0 Å². The number of carboxylic acids is 1. The third-order valence-corrected chi connectivity index (χ3v) is 3.58. The Kier molecular flexibility index (Phi) is 3.02. The average Bonchev–Trinajstić information content (AvgIpc) is 2.84. The minimum atomic E-state index is -0.975. The predicted molar refractivity (Wildman–Crippen MR) is 77.8 cm³/mol. The lowest BCUT2D eigenvalue weighted by molar-refractivity contribution is 0.0696. The van der Waals surface area contributed by atoms with Gasteiger partial charge >= 0.3 is 5.97 Å². The van der Waals surface area contributed by atoms with Crippen LogP contribution in [0.4, 0.5) is 0 Å². The Morgan fingerprint density at radius 3 is 2.80 bits per heavy atom. The molecule has 1 aromatic carbocycles. The van der Waals surface area contributed by atoms with Crippen LogP contribution in [0.15, 0.2) is 41.0 Å². The van der Waals surface area contributed by atoms with Gasteiger partial charge in [0.25, 0.3) is 0 Å². The minimum Gasteiger partial charge on any atom is -0.478 e. The number of carbonyl (C=O) groups is 1. The molecule has 0 aliphatic heterocycles. The molecule has 0 saturated heterocycles. The topological polar surface area (TPSA) is 67.5 Å². The van der Waals surface area contributed by atoms with E-state index in [1.807, 2.05) is 25.1 Å². The molecule has 0 spiro atoms. The molecule has 5 nitrogen and oxygen atoms in total. The van der Waals surface area contributed by atoms with E-state index in [-0.39, 0.29) is 5.56 Å². The number of pyridine rings is 1. The highest BCUT2D eigenvalue weighted by atomic mass is 79.9. The van der Waals surface area contributed by atoms with Gasteiger partial charge in [0.2, 0.25) is 0 Å². The summed E-state index contributed by atoms with van der Waals surface area (Å²) >= 11 is 3.43. The van der Waals surface area contributed by atoms with Gasteiger partial charge in [-0.15, -0.1) is 10.2 Å². The Morgan fingerprint density at radius 1 is 1.25 bits per heavy atom. The maximum Gasteiger partial charge on any atom is 0.337 e. The quantitative estimate of drug-likeness (QED) is 0.783. The van der Waals surface area contributed by atoms with Crippen molar-refractivity contribution in [3.63, 3.8) is 0 Å². The van der Waals surface area contributed by atoms with Gasteiger partial charge < -0.3 is 5.11 Å². The van der Waals surface area contributed by atoms with E-state index in [9.17, 15) is 4.79 Å². The molecular formula is C14H10BrN3O2. The zero-order chi connectivity index (χ0) is 14.3. The van der Waals surface area contributed by atoms with Crippen LogP contribution in [0.3, 0.4) is 0 Å². The number of benzene rings is 1. The molecule has 2 heterocycles. The largest absolute Gasteiger partial charge is 0.478 e. The highest BCUT2D eigenvalue weighted by Crippen LogP contribution is 2.26. The Balaban J connectivity index is 2.28. The van der Waals surface area contributed by atoms with Crippen LogP contribution in [0.5, 0.6) is 0 Å². The van der Waals surface area contributed by atoms with Crippen molar-refractivity contribution in [1.82, 2.24) is 14.6 Å². The fourth-order valence-electron chi connectivity index (χ4n) is 2.04. The van der Waals surface area contributed by atoms with Crippen molar-refractivity contribution >= 4 is 27.5 Å². The number of aromatic carboxylic acids is 1. The summed E-state index contributed by atoms with van der Waals surface area (Å²) in [5.41, 5.74) is 2.77. The lowest BCUT2D eigenvalue weighted by atomic mass is 10.1. The highest BCUT2D eigenvalue weighted by molar-refractivity contribution is 9.10. The lowest BCUT2D eigenvalue weighted by Gasteiger charge is -2.05. The summed E-state index contributed by atoms with van der Waals surface area (Å²) in [6.45, 7) is 1.98. The predicted octanol–water partition coefficient (Wildman–Crippen LogP) is 3.17. The maximum absolute atomic E-state index is 11.1. The molecule has 6 heteroatoms. The van der Waals surface area contributed by atoms with Crippen LogP contribution in [0, 0.1) is 6.92 Å². The van der Waals surface area contributed by atoms with E-state index in [4.69, 9.17) is 5.11 Å². The average molecular weight is 332 g/mol. The second kappa shape index (κ2) is 4.72. The van der Waals surface area contributed by atoms with E-state index in [1.165, 1.54) is 12.3 Å². The monoisotopic (exact) mass is 331 g/mol. The third kappa shape index (κ3) is 2.08. The summed E-state index contributed by atoms with van der Waals surface area (Å²) in [6.07, 6.45) is 1.54.